The van der Waals surface area contributed by atoms with E-state index in [2.05, 4.69) is 18.9 Å². The Kier molecular flexibility index (Phi) is 13.5. The Balaban J connectivity index is 1.47. The van der Waals surface area contributed by atoms with E-state index < -0.39 is 64.7 Å². The lowest BCUT2D eigenvalue weighted by molar-refractivity contribution is 0.0737. The van der Waals surface area contributed by atoms with Crippen molar-refractivity contribution in [2.24, 2.45) is 0 Å². The average molecular weight is 824 g/mol. The number of para-hydroxylation sites is 3. The van der Waals surface area contributed by atoms with Crippen LogP contribution in [0.5, 0.6) is 23.0 Å². The van der Waals surface area contributed by atoms with Gasteiger partial charge in [0.25, 0.3) is 17.0 Å². The molecule has 2 heterocycles. The molecule has 0 aliphatic rings. The highest BCUT2D eigenvalue weighted by Gasteiger charge is 2.27. The second-order valence-corrected chi connectivity index (χ2v) is 11.8. The maximum atomic E-state index is 14.3. The number of ether oxygens (including phenoxy) is 8. The third-order valence-electron chi connectivity index (χ3n) is 8.28. The van der Waals surface area contributed by atoms with Gasteiger partial charge in [0.1, 0.15) is 0 Å². The van der Waals surface area contributed by atoms with Crippen molar-refractivity contribution in [2.45, 2.75) is 25.9 Å². The summed E-state index contributed by atoms with van der Waals surface area (Å²) < 4.78 is 50.4. The van der Waals surface area contributed by atoms with E-state index in [4.69, 9.17) is 27.8 Å². The number of fused-ring (bicyclic) bond motifs is 2. The topological polar surface area (TPSA) is 267 Å². The van der Waals surface area contributed by atoms with Crippen LogP contribution in [0.25, 0.3) is 21.9 Å². The number of carbonyl (C=O) groups is 5. The summed E-state index contributed by atoms with van der Waals surface area (Å²) in [6.45, 7) is -1.07. The zero-order valence-corrected chi connectivity index (χ0v) is 31.5. The van der Waals surface area contributed by atoms with Crippen LogP contribution < -0.4 is 41.6 Å². The monoisotopic (exact) mass is 823 g/mol. The number of rotatable bonds is 13. The van der Waals surface area contributed by atoms with E-state index in [9.17, 15) is 43.2 Å². The maximum Gasteiger partial charge on any atom is 0.513 e. The highest BCUT2D eigenvalue weighted by Crippen LogP contribution is 2.33. The smallest absolute Gasteiger partial charge is 0.437 e. The quantitative estimate of drug-likeness (QED) is 0.0935. The summed E-state index contributed by atoms with van der Waals surface area (Å²) in [7, 11) is 4.14. The summed E-state index contributed by atoms with van der Waals surface area (Å²) in [5.41, 5.74) is -2.57. The second-order valence-electron chi connectivity index (χ2n) is 11.8. The highest BCUT2D eigenvalue weighted by atomic mass is 16.7. The molecule has 3 aromatic carbocycles. The molecule has 22 heteroatoms. The third kappa shape index (κ3) is 9.56. The summed E-state index contributed by atoms with van der Waals surface area (Å²) in [5.74, 6) is -4.51. The summed E-state index contributed by atoms with van der Waals surface area (Å²) in [6, 6.07) is 11.8. The fraction of sp³-hybridized carbons (Fsp3) is 0.270. The maximum absolute atomic E-state index is 14.3. The van der Waals surface area contributed by atoms with Gasteiger partial charge in [0.05, 0.1) is 44.8 Å². The summed E-state index contributed by atoms with van der Waals surface area (Å²) in [5, 5.41) is -0.232. The van der Waals surface area contributed by atoms with Crippen LogP contribution in [0.3, 0.4) is 0 Å². The summed E-state index contributed by atoms with van der Waals surface area (Å²) in [4.78, 5) is 116. The SMILES string of the molecule is COC(=O)Oc1cccc(C(=O)N(CCCn2c(=O)oc3c(OC(=O)OC)cccc3c2=O)CCCn2c(=O)oc3c(OC(=O)OC)cccc3c2=O)c1OC(=O)OC. The van der Waals surface area contributed by atoms with Gasteiger partial charge in [-0.2, -0.15) is 0 Å². The van der Waals surface area contributed by atoms with Crippen LogP contribution >= 0.6 is 0 Å². The van der Waals surface area contributed by atoms with Crippen molar-refractivity contribution < 1.29 is 70.7 Å². The Hall–Kier alpha value is -7.91. The fourth-order valence-corrected chi connectivity index (χ4v) is 5.58. The molecule has 0 N–H and O–H groups in total. The molecular formula is C37H33N3O19. The molecule has 0 bridgehead atoms. The van der Waals surface area contributed by atoms with Crippen molar-refractivity contribution in [3.63, 3.8) is 0 Å². The minimum absolute atomic E-state index is 0.0904. The first-order valence-electron chi connectivity index (χ1n) is 17.1. The molecule has 0 aliphatic carbocycles. The zero-order chi connectivity index (χ0) is 42.8. The van der Waals surface area contributed by atoms with Crippen molar-refractivity contribution in [3.05, 3.63) is 102 Å². The van der Waals surface area contributed by atoms with Gasteiger partial charge in [-0.1, -0.05) is 18.2 Å². The van der Waals surface area contributed by atoms with Crippen LogP contribution in [0.4, 0.5) is 19.2 Å². The molecule has 22 nitrogen and oxygen atoms in total. The van der Waals surface area contributed by atoms with E-state index >= 15 is 0 Å². The van der Waals surface area contributed by atoms with Crippen LogP contribution in [0.15, 0.2) is 82.6 Å². The molecule has 5 rings (SSSR count). The highest BCUT2D eigenvalue weighted by molar-refractivity contribution is 5.98. The first kappa shape index (κ1) is 42.2. The predicted octanol–water partition coefficient (Wildman–Crippen LogP) is 3.43. The molecule has 59 heavy (non-hydrogen) atoms. The molecule has 0 aliphatic heterocycles. The summed E-state index contributed by atoms with van der Waals surface area (Å²) in [6.07, 6.45) is -4.92. The molecule has 0 fully saturated rings. The third-order valence-corrected chi connectivity index (χ3v) is 8.28. The zero-order valence-electron chi connectivity index (χ0n) is 31.5. The van der Waals surface area contributed by atoms with Crippen molar-refractivity contribution in [1.29, 1.82) is 0 Å². The molecule has 310 valence electrons. The van der Waals surface area contributed by atoms with E-state index in [0.717, 1.165) is 37.6 Å². The number of benzene rings is 3. The van der Waals surface area contributed by atoms with Gasteiger partial charge < -0.3 is 51.6 Å². The number of methoxy groups -OCH3 is 4. The Morgan fingerprint density at radius 2 is 0.932 bits per heavy atom. The lowest BCUT2D eigenvalue weighted by Gasteiger charge is -2.24. The van der Waals surface area contributed by atoms with Gasteiger partial charge in [-0.15, -0.1) is 0 Å². The first-order valence-corrected chi connectivity index (χ1v) is 17.1. The van der Waals surface area contributed by atoms with Gasteiger partial charge in [-0.05, 0) is 49.2 Å². The number of hydrogen-bond acceptors (Lipinski definition) is 19. The second kappa shape index (κ2) is 18.8. The van der Waals surface area contributed by atoms with Gasteiger partial charge >= 0.3 is 36.1 Å². The Morgan fingerprint density at radius 3 is 1.37 bits per heavy atom. The minimum atomic E-state index is -1.28. The van der Waals surface area contributed by atoms with Crippen LogP contribution in [0, 0.1) is 0 Å². The van der Waals surface area contributed by atoms with Crippen molar-refractivity contribution in [2.75, 3.05) is 41.5 Å². The van der Waals surface area contributed by atoms with E-state index in [-0.39, 0.29) is 78.0 Å². The van der Waals surface area contributed by atoms with E-state index in [1.165, 1.54) is 59.5 Å². The largest absolute Gasteiger partial charge is 0.513 e. The number of hydrogen-bond donors (Lipinski definition) is 0. The van der Waals surface area contributed by atoms with Gasteiger partial charge in [0.15, 0.2) is 34.2 Å². The van der Waals surface area contributed by atoms with Gasteiger partial charge in [0.2, 0.25) is 0 Å². The van der Waals surface area contributed by atoms with Crippen LogP contribution in [-0.2, 0) is 32.0 Å². The molecule has 0 saturated carbocycles. The van der Waals surface area contributed by atoms with Crippen molar-refractivity contribution in [3.8, 4) is 23.0 Å². The first-order chi connectivity index (χ1) is 28.3. The molecule has 5 aromatic rings. The van der Waals surface area contributed by atoms with Gasteiger partial charge in [-0.3, -0.25) is 14.4 Å². The summed E-state index contributed by atoms with van der Waals surface area (Å²) >= 11 is 0. The number of amides is 1. The van der Waals surface area contributed by atoms with Crippen LogP contribution in [0.1, 0.15) is 23.2 Å². The standard InChI is InChI=1S/C37H33N3O19/c1-50-34(46)54-23-13-6-11-21-26(23)57-32(44)39(30(21)42)18-8-16-38(29(41)20-10-5-15-25(56-36(48)52-3)28(20)59-37(49)53-4)17-9-19-40-31(43)22-12-7-14-24(55-35(47)51-2)27(22)58-33(40)45/h5-7,10-15H,8-9,16-19H2,1-4H3. The Bertz CT molecular complexity index is 2540. The lowest BCUT2D eigenvalue weighted by Crippen LogP contribution is -2.38. The molecule has 2 aromatic heterocycles. The number of nitrogens with zero attached hydrogens (tertiary/aromatic N) is 3. The number of aromatic nitrogens is 2. The average Bonchev–Trinajstić information content (AvgIpc) is 3.23. The molecule has 0 saturated heterocycles. The molecule has 1 amide bonds. The van der Waals surface area contributed by atoms with Gasteiger partial charge in [-0.25, -0.2) is 37.9 Å². The van der Waals surface area contributed by atoms with E-state index in [0.29, 0.717) is 0 Å². The van der Waals surface area contributed by atoms with Crippen molar-refractivity contribution >= 4 is 52.5 Å². The molecular weight excluding hydrogens is 790 g/mol. The molecule has 0 atom stereocenters. The minimum Gasteiger partial charge on any atom is -0.437 e. The predicted molar refractivity (Wildman–Crippen MR) is 197 cm³/mol. The van der Waals surface area contributed by atoms with Crippen LogP contribution in [-0.4, -0.2) is 86.1 Å². The normalized spacial score (nSPS) is 10.7. The lowest BCUT2D eigenvalue weighted by atomic mass is 10.1. The van der Waals surface area contributed by atoms with E-state index in [1.807, 2.05) is 0 Å². The number of carbonyl (C=O) groups excluding carboxylic acids is 5. The Morgan fingerprint density at radius 1 is 0.542 bits per heavy atom. The molecule has 0 radical (unpaired) electrons. The van der Waals surface area contributed by atoms with Crippen LogP contribution in [0.2, 0.25) is 0 Å². The van der Waals surface area contributed by atoms with Crippen molar-refractivity contribution in [1.82, 2.24) is 14.0 Å². The van der Waals surface area contributed by atoms with Gasteiger partial charge in [0, 0.05) is 26.2 Å². The molecule has 0 spiro atoms. The fourth-order valence-electron chi connectivity index (χ4n) is 5.58. The van der Waals surface area contributed by atoms with E-state index in [1.54, 1.807) is 0 Å². The Labute approximate surface area is 329 Å². The molecule has 0 unspecified atom stereocenters.